The zero-order chi connectivity index (χ0) is 25.3. The maximum atomic E-state index is 12.9. The number of aryl methyl sites for hydroxylation is 1. The molecular formula is C28H36N6O2. The highest BCUT2D eigenvalue weighted by Gasteiger charge is 2.25. The molecule has 1 aliphatic heterocycles. The number of benzene rings is 2. The number of para-hydroxylation sites is 1. The Morgan fingerprint density at radius 3 is 2.44 bits per heavy atom. The molecule has 3 N–H and O–H groups in total. The Morgan fingerprint density at radius 2 is 1.69 bits per heavy atom. The van der Waals surface area contributed by atoms with Gasteiger partial charge in [-0.3, -0.25) is 14.4 Å². The number of likely N-dealkylation sites (tertiary alicyclic amines) is 1. The van der Waals surface area contributed by atoms with Crippen LogP contribution in [0, 0.1) is 13.8 Å². The fourth-order valence-corrected chi connectivity index (χ4v) is 4.73. The molecule has 0 saturated carbocycles. The Morgan fingerprint density at radius 1 is 0.972 bits per heavy atom. The molecule has 0 bridgehead atoms. The van der Waals surface area contributed by atoms with Crippen molar-refractivity contribution in [3.05, 3.63) is 83.2 Å². The Balaban J connectivity index is 1.27. The molecule has 0 aliphatic carbocycles. The quantitative estimate of drug-likeness (QED) is 0.427. The van der Waals surface area contributed by atoms with Crippen molar-refractivity contribution in [3.8, 4) is 0 Å². The third-order valence-electron chi connectivity index (χ3n) is 6.79. The number of amides is 3. The summed E-state index contributed by atoms with van der Waals surface area (Å²) < 4.78 is 2.00. The van der Waals surface area contributed by atoms with Gasteiger partial charge in [0, 0.05) is 36.1 Å². The van der Waals surface area contributed by atoms with Gasteiger partial charge in [-0.2, -0.15) is 5.10 Å². The summed E-state index contributed by atoms with van der Waals surface area (Å²) in [6.45, 7) is 6.90. The van der Waals surface area contributed by atoms with E-state index >= 15 is 0 Å². The average molecular weight is 489 g/mol. The molecule has 190 valence electrons. The number of carbonyl (C=O) groups excluding carboxylic acids is 2. The van der Waals surface area contributed by atoms with Crippen molar-refractivity contribution in [1.29, 1.82) is 0 Å². The molecule has 1 aromatic heterocycles. The van der Waals surface area contributed by atoms with Gasteiger partial charge in [-0.25, -0.2) is 4.79 Å². The summed E-state index contributed by atoms with van der Waals surface area (Å²) in [5, 5.41) is 13.6. The lowest BCUT2D eigenvalue weighted by Crippen LogP contribution is -2.50. The predicted molar refractivity (Wildman–Crippen MR) is 142 cm³/mol. The molecular weight excluding hydrogens is 452 g/mol. The largest absolute Gasteiger partial charge is 0.351 e. The number of nitrogens with one attached hydrogen (secondary N) is 3. The van der Waals surface area contributed by atoms with Gasteiger partial charge in [0.15, 0.2) is 0 Å². The summed E-state index contributed by atoms with van der Waals surface area (Å²) in [6, 6.07) is 19.5. The molecule has 8 heteroatoms. The van der Waals surface area contributed by atoms with Crippen LogP contribution >= 0.6 is 0 Å². The molecule has 1 saturated heterocycles. The average Bonchev–Trinajstić information content (AvgIpc) is 3.15. The number of hydrogen-bond donors (Lipinski definition) is 3. The van der Waals surface area contributed by atoms with Gasteiger partial charge in [-0.15, -0.1) is 0 Å². The Hall–Kier alpha value is -3.65. The first-order valence-corrected chi connectivity index (χ1v) is 12.7. The van der Waals surface area contributed by atoms with Crippen molar-refractivity contribution >= 4 is 17.6 Å². The molecule has 36 heavy (non-hydrogen) atoms. The molecule has 2 heterocycles. The van der Waals surface area contributed by atoms with Crippen LogP contribution in [-0.2, 0) is 17.9 Å². The highest BCUT2D eigenvalue weighted by molar-refractivity contribution is 5.89. The van der Waals surface area contributed by atoms with E-state index in [2.05, 4.69) is 39.9 Å². The maximum Gasteiger partial charge on any atom is 0.319 e. The summed E-state index contributed by atoms with van der Waals surface area (Å²) in [7, 11) is 0. The van der Waals surface area contributed by atoms with Crippen LogP contribution < -0.4 is 16.0 Å². The number of anilines is 1. The number of urea groups is 1. The number of aromatic nitrogens is 2. The van der Waals surface area contributed by atoms with E-state index in [0.29, 0.717) is 26.2 Å². The molecule has 1 aliphatic rings. The van der Waals surface area contributed by atoms with Crippen molar-refractivity contribution in [3.63, 3.8) is 0 Å². The lowest BCUT2D eigenvalue weighted by Gasteiger charge is -2.35. The van der Waals surface area contributed by atoms with Gasteiger partial charge in [0.05, 0.1) is 18.8 Å². The predicted octanol–water partition coefficient (Wildman–Crippen LogP) is 3.84. The molecule has 4 rings (SSSR count). The number of hydrogen-bond acceptors (Lipinski definition) is 4. The first-order chi connectivity index (χ1) is 17.5. The van der Waals surface area contributed by atoms with E-state index in [1.54, 1.807) is 0 Å². The van der Waals surface area contributed by atoms with Crippen LogP contribution in [0.3, 0.4) is 0 Å². The van der Waals surface area contributed by atoms with E-state index in [-0.39, 0.29) is 18.0 Å². The molecule has 0 spiro atoms. The van der Waals surface area contributed by atoms with Crippen molar-refractivity contribution in [2.45, 2.75) is 52.2 Å². The van der Waals surface area contributed by atoms with Crippen LogP contribution in [0.15, 0.2) is 60.7 Å². The minimum atomic E-state index is -0.227. The van der Waals surface area contributed by atoms with Crippen molar-refractivity contribution in [2.75, 3.05) is 25.0 Å². The third kappa shape index (κ3) is 6.95. The lowest BCUT2D eigenvalue weighted by molar-refractivity contribution is -0.123. The van der Waals surface area contributed by atoms with Crippen molar-refractivity contribution < 1.29 is 9.59 Å². The Kier molecular flexibility index (Phi) is 8.73. The smallest absolute Gasteiger partial charge is 0.319 e. The second-order valence-corrected chi connectivity index (χ2v) is 9.39. The summed E-state index contributed by atoms with van der Waals surface area (Å²) in [6.07, 6.45) is 3.12. The fourth-order valence-electron chi connectivity index (χ4n) is 4.73. The summed E-state index contributed by atoms with van der Waals surface area (Å²) >= 11 is 0. The highest BCUT2D eigenvalue weighted by atomic mass is 16.2. The van der Waals surface area contributed by atoms with Crippen molar-refractivity contribution in [2.24, 2.45) is 0 Å². The van der Waals surface area contributed by atoms with Crippen LogP contribution in [0.5, 0.6) is 0 Å². The van der Waals surface area contributed by atoms with Crippen LogP contribution in [-0.4, -0.2) is 52.3 Å². The van der Waals surface area contributed by atoms with Gasteiger partial charge < -0.3 is 16.0 Å². The molecule has 2 aromatic carbocycles. The fraction of sp³-hybridized carbons (Fsp3) is 0.393. The van der Waals surface area contributed by atoms with Gasteiger partial charge in [-0.05, 0) is 50.9 Å². The van der Waals surface area contributed by atoms with E-state index in [0.717, 1.165) is 48.4 Å². The number of nitrogens with zero attached hydrogens (tertiary/aromatic N) is 3. The molecule has 1 unspecified atom stereocenters. The molecule has 8 nitrogen and oxygen atoms in total. The zero-order valence-corrected chi connectivity index (χ0v) is 21.2. The van der Waals surface area contributed by atoms with Crippen molar-refractivity contribution in [1.82, 2.24) is 25.3 Å². The summed E-state index contributed by atoms with van der Waals surface area (Å²) in [4.78, 5) is 27.3. The zero-order valence-electron chi connectivity index (χ0n) is 21.2. The number of piperidine rings is 1. The molecule has 1 fully saturated rings. The van der Waals surface area contributed by atoms with E-state index < -0.39 is 0 Å². The van der Waals surface area contributed by atoms with E-state index in [4.69, 9.17) is 5.10 Å². The first-order valence-electron chi connectivity index (χ1n) is 12.7. The van der Waals surface area contributed by atoms with E-state index in [9.17, 15) is 9.59 Å². The van der Waals surface area contributed by atoms with Crippen LogP contribution in [0.4, 0.5) is 10.5 Å². The molecule has 1 atom stereocenters. The number of rotatable bonds is 9. The Bertz CT molecular complexity index is 1150. The van der Waals surface area contributed by atoms with Gasteiger partial charge >= 0.3 is 6.03 Å². The molecule has 3 amide bonds. The van der Waals surface area contributed by atoms with Crippen LogP contribution in [0.25, 0.3) is 0 Å². The maximum absolute atomic E-state index is 12.9. The summed E-state index contributed by atoms with van der Waals surface area (Å²) in [5.74, 6) is -0.00903. The second-order valence-electron chi connectivity index (χ2n) is 9.39. The Labute approximate surface area is 213 Å². The molecule has 0 radical (unpaired) electrons. The normalized spacial score (nSPS) is 15.9. The third-order valence-corrected chi connectivity index (χ3v) is 6.79. The van der Waals surface area contributed by atoms with Gasteiger partial charge in [0.1, 0.15) is 0 Å². The second kappa shape index (κ2) is 12.4. The number of carbonyl (C=O) groups is 2. The SMILES string of the molecule is Cc1nn(Cc2ccccc2)c(C)c1CNC(=O)CN1CCCCC1CNC(=O)Nc1ccccc1. The summed E-state index contributed by atoms with van der Waals surface area (Å²) in [5.41, 5.74) is 5.02. The lowest BCUT2D eigenvalue weighted by atomic mass is 10.0. The van der Waals surface area contributed by atoms with E-state index in [1.165, 1.54) is 5.56 Å². The minimum Gasteiger partial charge on any atom is -0.351 e. The standard InChI is InChI=1S/C28H36N6O2/c1-21-26(22(2)34(32-21)19-23-11-5-3-6-12-23)18-29-27(35)20-33-16-10-9-15-25(33)17-30-28(36)31-24-13-7-4-8-14-24/h3-8,11-14,25H,9-10,15-20H2,1-2H3,(H,29,35)(H2,30,31,36). The van der Waals surface area contributed by atoms with Gasteiger partial charge in [0.2, 0.25) is 5.91 Å². The first kappa shape index (κ1) is 25.4. The highest BCUT2D eigenvalue weighted by Crippen LogP contribution is 2.17. The monoisotopic (exact) mass is 488 g/mol. The topological polar surface area (TPSA) is 91.3 Å². The van der Waals surface area contributed by atoms with Crippen LogP contribution in [0.2, 0.25) is 0 Å². The van der Waals surface area contributed by atoms with Crippen LogP contribution in [0.1, 0.15) is 41.8 Å². The van der Waals surface area contributed by atoms with Gasteiger partial charge in [0.25, 0.3) is 0 Å². The van der Waals surface area contributed by atoms with Gasteiger partial charge in [-0.1, -0.05) is 55.0 Å². The molecule has 3 aromatic rings. The van der Waals surface area contributed by atoms with E-state index in [1.807, 2.05) is 60.1 Å². The minimum absolute atomic E-state index is 0.00903.